The van der Waals surface area contributed by atoms with Crippen molar-refractivity contribution in [1.82, 2.24) is 14.9 Å². The van der Waals surface area contributed by atoms with Gasteiger partial charge < -0.3 is 19.7 Å². The van der Waals surface area contributed by atoms with E-state index < -0.39 is 5.79 Å². The standard InChI is InChI=1S/C18H20N4O3/c23-16(22-9-5-18(6-10-22)24-11-12-25-18)14-3-1-4-15(13-14)21-17-19-7-2-8-20-17/h1-4,7-8,13H,5-6,9-12H2,(H,19,20,21). The molecule has 2 fully saturated rings. The number of ether oxygens (including phenoxy) is 2. The SMILES string of the molecule is O=C(c1cccc(Nc2ncccn2)c1)N1CCC2(CC1)OCCO2. The van der Waals surface area contributed by atoms with Gasteiger partial charge in [0.1, 0.15) is 0 Å². The molecule has 7 nitrogen and oxygen atoms in total. The highest BCUT2D eigenvalue weighted by molar-refractivity contribution is 5.95. The quantitative estimate of drug-likeness (QED) is 0.923. The summed E-state index contributed by atoms with van der Waals surface area (Å²) in [6.45, 7) is 2.56. The molecule has 0 unspecified atom stereocenters. The zero-order valence-corrected chi connectivity index (χ0v) is 13.9. The van der Waals surface area contributed by atoms with Crippen molar-refractivity contribution in [3.05, 3.63) is 48.3 Å². The number of benzene rings is 1. The van der Waals surface area contributed by atoms with Crippen LogP contribution in [0.5, 0.6) is 0 Å². The van der Waals surface area contributed by atoms with E-state index in [2.05, 4.69) is 15.3 Å². The molecule has 0 bridgehead atoms. The van der Waals surface area contributed by atoms with Gasteiger partial charge in [-0.25, -0.2) is 9.97 Å². The number of hydrogen-bond acceptors (Lipinski definition) is 6. The third-order valence-electron chi connectivity index (χ3n) is 4.56. The first kappa shape index (κ1) is 16.0. The number of piperidine rings is 1. The van der Waals surface area contributed by atoms with Crippen LogP contribution in [0.4, 0.5) is 11.6 Å². The van der Waals surface area contributed by atoms with Gasteiger partial charge in [0.15, 0.2) is 5.79 Å². The fourth-order valence-electron chi connectivity index (χ4n) is 3.24. The second kappa shape index (κ2) is 6.78. The lowest BCUT2D eigenvalue weighted by Gasteiger charge is -2.37. The smallest absolute Gasteiger partial charge is 0.253 e. The second-order valence-electron chi connectivity index (χ2n) is 6.18. The molecule has 2 aliphatic rings. The molecule has 0 aliphatic carbocycles. The molecule has 4 rings (SSSR count). The Hall–Kier alpha value is -2.51. The van der Waals surface area contributed by atoms with Gasteiger partial charge >= 0.3 is 0 Å². The third kappa shape index (κ3) is 3.47. The number of likely N-dealkylation sites (tertiary alicyclic amines) is 1. The number of nitrogens with zero attached hydrogens (tertiary/aromatic N) is 3. The number of carbonyl (C=O) groups excluding carboxylic acids is 1. The lowest BCUT2D eigenvalue weighted by Crippen LogP contribution is -2.47. The largest absolute Gasteiger partial charge is 0.347 e. The zero-order valence-electron chi connectivity index (χ0n) is 13.9. The molecule has 0 radical (unpaired) electrons. The molecule has 1 spiro atoms. The van der Waals surface area contributed by atoms with E-state index in [0.29, 0.717) is 50.7 Å². The molecule has 2 aromatic rings. The van der Waals surface area contributed by atoms with Crippen LogP contribution >= 0.6 is 0 Å². The predicted molar refractivity (Wildman–Crippen MR) is 91.5 cm³/mol. The van der Waals surface area contributed by atoms with E-state index in [1.54, 1.807) is 18.5 Å². The maximum absolute atomic E-state index is 12.8. The highest BCUT2D eigenvalue weighted by atomic mass is 16.7. The lowest BCUT2D eigenvalue weighted by molar-refractivity contribution is -0.181. The molecule has 1 aromatic heterocycles. The monoisotopic (exact) mass is 340 g/mol. The van der Waals surface area contributed by atoms with Crippen molar-refractivity contribution in [1.29, 1.82) is 0 Å². The van der Waals surface area contributed by atoms with Gasteiger partial charge in [-0.15, -0.1) is 0 Å². The molecule has 1 N–H and O–H groups in total. The Balaban J connectivity index is 1.43. The average Bonchev–Trinajstić information content (AvgIpc) is 3.11. The number of carbonyl (C=O) groups is 1. The Morgan fingerprint density at radius 3 is 2.52 bits per heavy atom. The second-order valence-corrected chi connectivity index (χ2v) is 6.18. The summed E-state index contributed by atoms with van der Waals surface area (Å²) in [5.41, 5.74) is 1.43. The van der Waals surface area contributed by atoms with Crippen molar-refractivity contribution in [3.63, 3.8) is 0 Å². The summed E-state index contributed by atoms with van der Waals surface area (Å²) in [5.74, 6) is 0.0539. The highest BCUT2D eigenvalue weighted by Crippen LogP contribution is 2.31. The molecule has 1 aromatic carbocycles. The Morgan fingerprint density at radius 1 is 1.08 bits per heavy atom. The maximum Gasteiger partial charge on any atom is 0.253 e. The van der Waals surface area contributed by atoms with Gasteiger partial charge in [0.05, 0.1) is 13.2 Å². The minimum absolute atomic E-state index is 0.0190. The number of anilines is 2. The molecule has 1 amide bonds. The summed E-state index contributed by atoms with van der Waals surface area (Å²) in [6, 6.07) is 9.15. The van der Waals surface area contributed by atoms with E-state index in [9.17, 15) is 4.79 Å². The van der Waals surface area contributed by atoms with Gasteiger partial charge in [0.25, 0.3) is 5.91 Å². The van der Waals surface area contributed by atoms with Crippen molar-refractivity contribution in [2.45, 2.75) is 18.6 Å². The lowest BCUT2D eigenvalue weighted by atomic mass is 10.0. The molecule has 3 heterocycles. The predicted octanol–water partition coefficient (Wildman–Crippen LogP) is 2.20. The van der Waals surface area contributed by atoms with Gasteiger partial charge in [0.2, 0.25) is 5.95 Å². The minimum atomic E-state index is -0.467. The summed E-state index contributed by atoms with van der Waals surface area (Å²) < 4.78 is 11.4. The number of aromatic nitrogens is 2. The summed E-state index contributed by atoms with van der Waals surface area (Å²) in [6.07, 6.45) is 4.77. The molecule has 2 aliphatic heterocycles. The van der Waals surface area contributed by atoms with Crippen molar-refractivity contribution in [3.8, 4) is 0 Å². The van der Waals surface area contributed by atoms with E-state index >= 15 is 0 Å². The topological polar surface area (TPSA) is 76.6 Å². The van der Waals surface area contributed by atoms with E-state index in [0.717, 1.165) is 5.69 Å². The molecular weight excluding hydrogens is 320 g/mol. The summed E-state index contributed by atoms with van der Waals surface area (Å²) >= 11 is 0. The Morgan fingerprint density at radius 2 is 1.80 bits per heavy atom. The first-order valence-corrected chi connectivity index (χ1v) is 8.45. The van der Waals surface area contributed by atoms with E-state index in [1.807, 2.05) is 29.2 Å². The zero-order chi connectivity index (χ0) is 17.1. The van der Waals surface area contributed by atoms with Crippen LogP contribution in [0, 0.1) is 0 Å². The third-order valence-corrected chi connectivity index (χ3v) is 4.56. The van der Waals surface area contributed by atoms with Gasteiger partial charge in [-0.05, 0) is 24.3 Å². The van der Waals surface area contributed by atoms with E-state index in [-0.39, 0.29) is 5.91 Å². The van der Waals surface area contributed by atoms with Gasteiger partial charge in [-0.1, -0.05) is 6.07 Å². The van der Waals surface area contributed by atoms with Crippen LogP contribution in [-0.4, -0.2) is 52.9 Å². The summed E-state index contributed by atoms with van der Waals surface area (Å²) in [5, 5.41) is 3.11. The Kier molecular flexibility index (Phi) is 4.33. The van der Waals surface area contributed by atoms with Crippen LogP contribution in [0.2, 0.25) is 0 Å². The van der Waals surface area contributed by atoms with Crippen LogP contribution in [0.15, 0.2) is 42.7 Å². The fraction of sp³-hybridized carbons (Fsp3) is 0.389. The number of nitrogens with one attached hydrogen (secondary N) is 1. The number of hydrogen-bond donors (Lipinski definition) is 1. The van der Waals surface area contributed by atoms with Gasteiger partial charge in [0, 0.05) is 49.6 Å². The van der Waals surface area contributed by atoms with Crippen LogP contribution in [-0.2, 0) is 9.47 Å². The molecule has 7 heteroatoms. The van der Waals surface area contributed by atoms with Crippen molar-refractivity contribution in [2.24, 2.45) is 0 Å². The van der Waals surface area contributed by atoms with Crippen molar-refractivity contribution < 1.29 is 14.3 Å². The van der Waals surface area contributed by atoms with Gasteiger partial charge in [-0.2, -0.15) is 0 Å². The summed E-state index contributed by atoms with van der Waals surface area (Å²) in [7, 11) is 0. The average molecular weight is 340 g/mol. The fourth-order valence-corrected chi connectivity index (χ4v) is 3.24. The maximum atomic E-state index is 12.8. The van der Waals surface area contributed by atoms with Crippen LogP contribution in [0.3, 0.4) is 0 Å². The highest BCUT2D eigenvalue weighted by Gasteiger charge is 2.40. The van der Waals surface area contributed by atoms with E-state index in [1.165, 1.54) is 0 Å². The molecule has 25 heavy (non-hydrogen) atoms. The first-order valence-electron chi connectivity index (χ1n) is 8.45. The Labute approximate surface area is 146 Å². The summed E-state index contributed by atoms with van der Waals surface area (Å²) in [4.78, 5) is 22.9. The van der Waals surface area contributed by atoms with E-state index in [4.69, 9.17) is 9.47 Å². The minimum Gasteiger partial charge on any atom is -0.347 e. The molecular formula is C18H20N4O3. The first-order chi connectivity index (χ1) is 12.2. The van der Waals surface area contributed by atoms with Crippen LogP contribution < -0.4 is 5.32 Å². The van der Waals surface area contributed by atoms with Crippen LogP contribution in [0.25, 0.3) is 0 Å². The molecule has 0 atom stereocenters. The number of rotatable bonds is 3. The van der Waals surface area contributed by atoms with Crippen molar-refractivity contribution >= 4 is 17.5 Å². The van der Waals surface area contributed by atoms with Crippen LogP contribution in [0.1, 0.15) is 23.2 Å². The molecule has 0 saturated carbocycles. The Bertz CT molecular complexity index is 737. The normalized spacial score (nSPS) is 19.1. The van der Waals surface area contributed by atoms with Crippen molar-refractivity contribution in [2.75, 3.05) is 31.6 Å². The molecule has 130 valence electrons. The number of amides is 1. The molecule has 2 saturated heterocycles. The van der Waals surface area contributed by atoms with Gasteiger partial charge in [-0.3, -0.25) is 4.79 Å².